The second-order valence-electron chi connectivity index (χ2n) is 18.9. The summed E-state index contributed by atoms with van der Waals surface area (Å²) in [5, 5.41) is 6.24. The maximum atomic E-state index is 14.2. The van der Waals surface area contributed by atoms with Crippen LogP contribution in [0.4, 0.5) is 0 Å². The number of ether oxygens (including phenoxy) is 8. The van der Waals surface area contributed by atoms with Crippen molar-refractivity contribution in [1.82, 2.24) is 10.6 Å². The first kappa shape index (κ1) is 51.5. The molecule has 0 spiro atoms. The molecule has 4 aliphatic heterocycles. The van der Waals surface area contributed by atoms with Gasteiger partial charge in [0.25, 0.3) is 11.8 Å². The zero-order chi connectivity index (χ0) is 54.0. The summed E-state index contributed by atoms with van der Waals surface area (Å²) in [5.41, 5.74) is 2.63. The second kappa shape index (κ2) is 21.8. The summed E-state index contributed by atoms with van der Waals surface area (Å²) in [6.45, 7) is 0.156. The Labute approximate surface area is 465 Å². The third-order valence-corrected chi connectivity index (χ3v) is 15.2. The Morgan fingerprint density at radius 2 is 0.821 bits per heavy atom. The van der Waals surface area contributed by atoms with Crippen LogP contribution in [0.5, 0.6) is 46.0 Å². The maximum absolute atomic E-state index is 14.2. The quantitative estimate of drug-likeness (QED) is 0.0879. The largest absolute Gasteiger partial charge is 0.497 e. The van der Waals surface area contributed by atoms with Crippen molar-refractivity contribution in [3.63, 3.8) is 0 Å². The summed E-state index contributed by atoms with van der Waals surface area (Å²) in [4.78, 5) is 55.8. The van der Waals surface area contributed by atoms with Crippen LogP contribution in [0.15, 0.2) is 191 Å². The van der Waals surface area contributed by atoms with E-state index >= 15 is 0 Å². The van der Waals surface area contributed by atoms with Crippen LogP contribution in [0.2, 0.25) is 0 Å². The molecule has 8 aromatic carbocycles. The average molecular weight is 1170 g/mol. The van der Waals surface area contributed by atoms with Gasteiger partial charge in [-0.2, -0.15) is 0 Å². The molecule has 0 unspecified atom stereocenters. The molecule has 4 heterocycles. The van der Waals surface area contributed by atoms with Gasteiger partial charge in [0.1, 0.15) is 23.0 Å². The molecule has 0 saturated carbocycles. The lowest BCUT2D eigenvalue weighted by Crippen LogP contribution is -2.63. The smallest absolute Gasteiger partial charge is 0.338 e. The molecule has 14 nitrogen and oxygen atoms in total. The van der Waals surface area contributed by atoms with Gasteiger partial charge in [-0.15, -0.1) is 0 Å². The molecular formula is C62H48Br2N2O12. The highest BCUT2D eigenvalue weighted by molar-refractivity contribution is 9.10. The van der Waals surface area contributed by atoms with Crippen molar-refractivity contribution in [2.75, 3.05) is 27.8 Å². The van der Waals surface area contributed by atoms with Crippen LogP contribution in [0.25, 0.3) is 0 Å². The van der Waals surface area contributed by atoms with E-state index in [9.17, 15) is 19.2 Å². The molecule has 16 heteroatoms. The van der Waals surface area contributed by atoms with Crippen LogP contribution in [0.3, 0.4) is 0 Å². The summed E-state index contributed by atoms with van der Waals surface area (Å²) in [7, 11) is 3.20. The number of amides is 2. The number of methoxy groups -OCH3 is 2. The van der Waals surface area contributed by atoms with Gasteiger partial charge in [-0.05, 0) is 107 Å². The van der Waals surface area contributed by atoms with Crippen molar-refractivity contribution < 1.29 is 57.1 Å². The molecule has 0 fully saturated rings. The van der Waals surface area contributed by atoms with Crippen molar-refractivity contribution >= 4 is 55.6 Å². The molecule has 0 aliphatic carbocycles. The zero-order valence-corrected chi connectivity index (χ0v) is 45.1. The number of rotatable bonds is 12. The third kappa shape index (κ3) is 10.1. The normalized spacial score (nSPS) is 19.1. The minimum absolute atomic E-state index is 0.0782. The van der Waals surface area contributed by atoms with Gasteiger partial charge < -0.3 is 48.5 Å². The monoisotopic (exact) mass is 1170 g/mol. The summed E-state index contributed by atoms with van der Waals surface area (Å²) in [6.07, 6.45) is 0.388. The van der Waals surface area contributed by atoms with E-state index in [2.05, 4.69) is 42.5 Å². The Balaban J connectivity index is 0.000000165. The van der Waals surface area contributed by atoms with Crippen molar-refractivity contribution in [3.8, 4) is 46.0 Å². The molecule has 2 amide bonds. The van der Waals surface area contributed by atoms with Crippen LogP contribution < -0.4 is 48.5 Å². The van der Waals surface area contributed by atoms with E-state index < -0.39 is 46.7 Å². The van der Waals surface area contributed by atoms with Gasteiger partial charge in [0.2, 0.25) is 13.6 Å². The van der Waals surface area contributed by atoms with E-state index in [1.165, 1.54) is 0 Å². The van der Waals surface area contributed by atoms with E-state index in [4.69, 9.17) is 37.9 Å². The zero-order valence-electron chi connectivity index (χ0n) is 42.0. The number of nitrogens with one attached hydrogen (secondary N) is 2. The summed E-state index contributed by atoms with van der Waals surface area (Å²) in [6, 6.07) is 55.1. The molecule has 12 rings (SSSR count). The highest BCUT2D eigenvalue weighted by Crippen LogP contribution is 2.52. The number of hydrogen-bond donors (Lipinski definition) is 2. The average Bonchev–Trinajstić information content (AvgIpc) is 4.25. The Hall–Kier alpha value is -8.60. The minimum atomic E-state index is -1.49. The molecule has 8 aromatic rings. The number of hydrogen-bond acceptors (Lipinski definition) is 12. The first-order valence-electron chi connectivity index (χ1n) is 24.8. The van der Waals surface area contributed by atoms with E-state index in [0.717, 1.165) is 31.2 Å². The number of esters is 2. The van der Waals surface area contributed by atoms with Crippen molar-refractivity contribution in [2.45, 2.75) is 35.8 Å². The summed E-state index contributed by atoms with van der Waals surface area (Å²) < 4.78 is 46.9. The predicted molar refractivity (Wildman–Crippen MR) is 295 cm³/mol. The lowest BCUT2D eigenvalue weighted by atomic mass is 9.69. The SMILES string of the molecule is COc1ccc([C@@H]2c3cc4c(cc3OC(=O)[C@]2(Cc2ccccc2)NC(=O)c2ccc(Br)cc2)OCO4)cc1.COc1ccc([C@@H]2c3cc4c(cc3OC(=O)[C@]2(Cc2ccccc2)NC(=O)c2ccc(Br)cc2)OCO4)cc1. The number of fused-ring (bicyclic) bond motifs is 4. The van der Waals surface area contributed by atoms with E-state index in [0.29, 0.717) is 68.2 Å². The number of carbonyl (C=O) groups is 4. The molecule has 78 heavy (non-hydrogen) atoms. The summed E-state index contributed by atoms with van der Waals surface area (Å²) in [5.74, 6) is 1.06. The van der Waals surface area contributed by atoms with Crippen LogP contribution in [0, 0.1) is 0 Å². The van der Waals surface area contributed by atoms with Gasteiger partial charge in [0.15, 0.2) is 34.1 Å². The van der Waals surface area contributed by atoms with Crippen LogP contribution in [0.1, 0.15) is 65.9 Å². The lowest BCUT2D eigenvalue weighted by Gasteiger charge is -2.43. The van der Waals surface area contributed by atoms with E-state index in [1.807, 2.05) is 121 Å². The van der Waals surface area contributed by atoms with Gasteiger partial charge in [-0.25, -0.2) is 9.59 Å². The third-order valence-electron chi connectivity index (χ3n) is 14.2. The maximum Gasteiger partial charge on any atom is 0.338 e. The number of benzene rings is 8. The number of carbonyl (C=O) groups excluding carboxylic acids is 4. The molecule has 392 valence electrons. The molecule has 4 atom stereocenters. The van der Waals surface area contributed by atoms with Gasteiger partial charge in [-0.3, -0.25) is 9.59 Å². The van der Waals surface area contributed by atoms with Gasteiger partial charge >= 0.3 is 11.9 Å². The Morgan fingerprint density at radius 3 is 1.17 bits per heavy atom. The van der Waals surface area contributed by atoms with Crippen molar-refractivity contribution in [3.05, 3.63) is 235 Å². The molecule has 0 radical (unpaired) electrons. The first-order chi connectivity index (χ1) is 37.9. The lowest BCUT2D eigenvalue weighted by molar-refractivity contribution is -0.144. The minimum Gasteiger partial charge on any atom is -0.497 e. The Kier molecular flexibility index (Phi) is 14.4. The molecule has 4 aliphatic rings. The second-order valence-corrected chi connectivity index (χ2v) is 20.7. The summed E-state index contributed by atoms with van der Waals surface area (Å²) >= 11 is 6.83. The fourth-order valence-corrected chi connectivity index (χ4v) is 11.0. The van der Waals surface area contributed by atoms with Gasteiger partial charge in [0, 0.05) is 68.0 Å². The van der Waals surface area contributed by atoms with Crippen LogP contribution in [-0.4, -0.2) is 62.6 Å². The highest BCUT2D eigenvalue weighted by Gasteiger charge is 2.56. The number of halogens is 2. The standard InChI is InChI=1S/2C31H24BrNO6/c2*1-36-23-13-9-20(10-14-23)28-24-15-26-27(38-18-37-26)16-25(24)39-30(35)31(28,17-19-5-3-2-4-6-19)33-29(34)21-7-11-22(32)12-8-21/h2*2-16,28H,17-18H2,1H3,(H,33,34)/t2*28-,31-/m11/s1. The molecule has 0 aromatic heterocycles. The first-order valence-corrected chi connectivity index (χ1v) is 26.4. The highest BCUT2D eigenvalue weighted by atomic mass is 79.9. The predicted octanol–water partition coefficient (Wildman–Crippen LogP) is 11.3. The molecule has 0 saturated heterocycles. The van der Waals surface area contributed by atoms with E-state index in [1.54, 1.807) is 74.9 Å². The molecule has 2 N–H and O–H groups in total. The molecule has 0 bridgehead atoms. The van der Waals surface area contributed by atoms with E-state index in [-0.39, 0.29) is 26.4 Å². The van der Waals surface area contributed by atoms with Gasteiger partial charge in [-0.1, -0.05) is 117 Å². The van der Waals surface area contributed by atoms with Gasteiger partial charge in [0.05, 0.1) is 14.2 Å². The Bertz CT molecular complexity index is 3310. The van der Waals surface area contributed by atoms with Crippen LogP contribution >= 0.6 is 31.9 Å². The van der Waals surface area contributed by atoms with Crippen molar-refractivity contribution in [1.29, 1.82) is 0 Å². The topological polar surface area (TPSA) is 166 Å². The molecular weight excluding hydrogens is 1120 g/mol. The Morgan fingerprint density at radius 1 is 0.474 bits per heavy atom. The fourth-order valence-electron chi connectivity index (χ4n) is 10.4. The fraction of sp³-hybridized carbons (Fsp3) is 0.161. The van der Waals surface area contributed by atoms with Crippen LogP contribution in [-0.2, 0) is 22.4 Å². The van der Waals surface area contributed by atoms with Crippen molar-refractivity contribution in [2.24, 2.45) is 0 Å².